The predicted octanol–water partition coefficient (Wildman–Crippen LogP) is 0.205. The number of nitrogens with one attached hydrogen (secondary N) is 6. The zero-order valence-corrected chi connectivity index (χ0v) is 38.4. The fraction of sp³-hybridized carbons (Fsp3) is 0.706. The lowest BCUT2D eigenvalue weighted by Gasteiger charge is -2.20. The fourth-order valence-electron chi connectivity index (χ4n) is 6.93. The highest BCUT2D eigenvalue weighted by atomic mass is 32.2. The summed E-state index contributed by atoms with van der Waals surface area (Å²) in [5.74, 6) is 0.579. The summed E-state index contributed by atoms with van der Waals surface area (Å²) in [6.45, 7) is -0.144. The molecular weight excluding hydrogens is 951 g/mol. The number of amides is 5. The van der Waals surface area contributed by atoms with Crippen molar-refractivity contribution in [3.63, 3.8) is 0 Å². The number of fused-ring (bicyclic) bond motifs is 1. The van der Waals surface area contributed by atoms with Gasteiger partial charge >= 0.3 is 35.2 Å². The number of urea groups is 1. The van der Waals surface area contributed by atoms with Crippen LogP contribution in [0.1, 0.15) is 88.8 Å². The van der Waals surface area contributed by atoms with E-state index in [4.69, 9.17) is 19.8 Å². The van der Waals surface area contributed by atoms with Crippen LogP contribution < -0.4 is 37.8 Å². The van der Waals surface area contributed by atoms with Crippen LogP contribution >= 0.6 is 35.2 Å². The van der Waals surface area contributed by atoms with Gasteiger partial charge < -0.3 is 56.2 Å². The van der Waals surface area contributed by atoms with Crippen LogP contribution in [0.15, 0.2) is 21.9 Å². The molecule has 0 aliphatic carbocycles. The molecule has 3 aliphatic heterocycles. The number of phosphoric acid groups is 3. The Balaban J connectivity index is 1.04. The van der Waals surface area contributed by atoms with E-state index in [0.717, 1.165) is 44.1 Å². The van der Waals surface area contributed by atoms with Gasteiger partial charge in [-0.15, -0.1) is 4.67 Å². The molecule has 9 atom stereocenters. The first kappa shape index (κ1) is 54.3. The average Bonchev–Trinajstić information content (AvgIpc) is 3.87. The molecule has 31 heteroatoms. The lowest BCUT2D eigenvalue weighted by Crippen LogP contribution is -2.38. The molecule has 3 aliphatic rings. The zero-order valence-electron chi connectivity index (χ0n) is 34.9. The minimum atomic E-state index is -5.78. The first-order valence-corrected chi connectivity index (χ1v) is 26.1. The fourth-order valence-corrected chi connectivity index (χ4v) is 11.7. The third kappa shape index (κ3) is 18.4. The summed E-state index contributed by atoms with van der Waals surface area (Å²) in [5.41, 5.74) is -2.11. The number of aromatic nitrogens is 2. The molecular formula is C34H56N7O20P3S. The van der Waals surface area contributed by atoms with E-state index < -0.39 is 65.9 Å². The van der Waals surface area contributed by atoms with Crippen LogP contribution in [0.25, 0.3) is 6.08 Å². The Morgan fingerprint density at radius 1 is 0.846 bits per heavy atom. The van der Waals surface area contributed by atoms with E-state index in [9.17, 15) is 57.6 Å². The maximum atomic E-state index is 12.6. The summed E-state index contributed by atoms with van der Waals surface area (Å²) in [6.07, 6.45) is 4.22. The van der Waals surface area contributed by atoms with E-state index in [-0.39, 0.29) is 54.4 Å². The van der Waals surface area contributed by atoms with Gasteiger partial charge in [0.25, 0.3) is 5.56 Å². The molecule has 0 bridgehead atoms. The van der Waals surface area contributed by atoms with Gasteiger partial charge in [-0.05, 0) is 38.5 Å². The standard InChI is InChI=1S/C34H56N7O20P3S/c42-25(12-3-1-8-16-36-27(44)14-6-5-11-24-28-22(20-65-24)38-33(48)39-28)35-15-7-2-4-13-26(43)37-17-9-10-21-18-41(34(49)40-31(21)47)32-30(46)29(45)23(58-32)19-57-63(54,55)61-64(56,59-50)60-62(51,52)53/h9-10,18,22-24,28-30,32,45-46,50H,1-8,11-17,19-20H2,(H,35,42)(H,36,44)(H,37,43)(H,54,55)(H2,38,39,48)(H,40,47,49)(H2,51,52,53)/b10-9+/t22-,23-,24-,28-,29+,30?,32-,64?/m1/s1. The molecule has 1 aromatic rings. The lowest BCUT2D eigenvalue weighted by atomic mass is 10.0. The predicted molar refractivity (Wildman–Crippen MR) is 228 cm³/mol. The maximum Gasteiger partial charge on any atom is 0.519 e. The first-order valence-electron chi connectivity index (χ1n) is 20.6. The van der Waals surface area contributed by atoms with Crippen LogP contribution in [0, 0.1) is 0 Å². The number of nitrogens with zero attached hydrogens (tertiary/aromatic N) is 1. The van der Waals surface area contributed by atoms with Gasteiger partial charge in [0.15, 0.2) is 6.23 Å². The van der Waals surface area contributed by atoms with Crippen molar-refractivity contribution in [3.8, 4) is 0 Å². The Morgan fingerprint density at radius 3 is 2.08 bits per heavy atom. The SMILES string of the molecule is O=C(CCCCCNC(=O)CCCCCNC(=O)CCCC[C@H]1SC[C@H]2NC(=O)N[C@H]21)NC/C=C/c1cn([C@@H]2O[C@H](COP(=O)(O)OP(=O)(OO)OP(=O)(O)O)[C@H](O)C2O)c(=O)[nH]c1=O. The molecule has 27 nitrogen and oxygen atoms in total. The second-order valence-corrected chi connectivity index (χ2v) is 21.0. The van der Waals surface area contributed by atoms with Crippen LogP contribution in [-0.4, -0.2) is 131 Å². The van der Waals surface area contributed by atoms with Gasteiger partial charge in [-0.1, -0.05) is 31.4 Å². The third-order valence-electron chi connectivity index (χ3n) is 10.1. The first-order chi connectivity index (χ1) is 30.7. The second-order valence-electron chi connectivity index (χ2n) is 15.1. The Bertz CT molecular complexity index is 2090. The molecule has 0 radical (unpaired) electrons. The van der Waals surface area contributed by atoms with Crippen molar-refractivity contribution in [2.24, 2.45) is 0 Å². The Labute approximate surface area is 375 Å². The van der Waals surface area contributed by atoms with E-state index in [1.54, 1.807) is 0 Å². The number of aromatic amines is 1. The molecule has 0 aromatic carbocycles. The van der Waals surface area contributed by atoms with Crippen molar-refractivity contribution in [1.82, 2.24) is 36.1 Å². The quantitative estimate of drug-likeness (QED) is 0.0168. The number of phosphoric ester groups is 1. The molecule has 368 valence electrons. The topological polar surface area (TPSA) is 402 Å². The van der Waals surface area contributed by atoms with Crippen molar-refractivity contribution < 1.29 is 85.6 Å². The van der Waals surface area contributed by atoms with Crippen molar-refractivity contribution in [2.45, 2.75) is 119 Å². The number of carbonyl (C=O) groups excluding carboxylic acids is 4. The number of hydrogen-bond acceptors (Lipinski definition) is 18. The van der Waals surface area contributed by atoms with Crippen LogP contribution in [0.4, 0.5) is 4.79 Å². The van der Waals surface area contributed by atoms with E-state index in [2.05, 4.69) is 44.4 Å². The number of ether oxygens (including phenoxy) is 1. The van der Waals surface area contributed by atoms with Crippen LogP contribution in [0.3, 0.4) is 0 Å². The van der Waals surface area contributed by atoms with Crippen LogP contribution in [0.2, 0.25) is 0 Å². The van der Waals surface area contributed by atoms with Gasteiger partial charge in [0.2, 0.25) is 17.7 Å². The Morgan fingerprint density at radius 2 is 1.46 bits per heavy atom. The molecule has 5 amide bonds. The number of aliphatic hydroxyl groups is 2. The average molecular weight is 1010 g/mol. The molecule has 3 fully saturated rings. The lowest BCUT2D eigenvalue weighted by molar-refractivity contribution is -0.157. The van der Waals surface area contributed by atoms with Crippen molar-refractivity contribution in [3.05, 3.63) is 38.7 Å². The number of unbranched alkanes of at least 4 members (excludes halogenated alkanes) is 5. The van der Waals surface area contributed by atoms with Gasteiger partial charge in [-0.2, -0.15) is 20.4 Å². The molecule has 12 N–H and O–H groups in total. The van der Waals surface area contributed by atoms with Gasteiger partial charge in [0.1, 0.15) is 18.3 Å². The minimum Gasteiger partial charge on any atom is -0.387 e. The summed E-state index contributed by atoms with van der Waals surface area (Å²) in [5, 5.41) is 44.3. The summed E-state index contributed by atoms with van der Waals surface area (Å²) < 4.78 is 56.1. The van der Waals surface area contributed by atoms with Gasteiger partial charge in [0.05, 0.1) is 24.3 Å². The smallest absolute Gasteiger partial charge is 0.387 e. The summed E-state index contributed by atoms with van der Waals surface area (Å²) in [7, 11) is -17.1. The second kappa shape index (κ2) is 25.7. The van der Waals surface area contributed by atoms with E-state index in [1.807, 2.05) is 16.7 Å². The summed E-state index contributed by atoms with van der Waals surface area (Å²) in [6, 6.07) is 0.270. The van der Waals surface area contributed by atoms with Crippen LogP contribution in [0.5, 0.6) is 0 Å². The maximum absolute atomic E-state index is 12.6. The molecule has 4 rings (SSSR count). The third-order valence-corrected chi connectivity index (χ3v) is 15.6. The van der Waals surface area contributed by atoms with E-state index in [1.165, 1.54) is 12.2 Å². The number of aliphatic hydroxyl groups excluding tert-OH is 2. The highest BCUT2D eigenvalue weighted by Gasteiger charge is 2.48. The van der Waals surface area contributed by atoms with Gasteiger partial charge in [-0.3, -0.25) is 33.3 Å². The molecule has 0 saturated carbocycles. The molecule has 3 unspecified atom stereocenters. The highest BCUT2D eigenvalue weighted by molar-refractivity contribution is 8.00. The summed E-state index contributed by atoms with van der Waals surface area (Å²) in [4.78, 5) is 102. The normalized spacial score (nSPS) is 24.8. The molecule has 1 aromatic heterocycles. The largest absolute Gasteiger partial charge is 0.519 e. The number of rotatable bonds is 29. The van der Waals surface area contributed by atoms with E-state index >= 15 is 0 Å². The number of thioether (sulfide) groups is 1. The minimum absolute atomic E-state index is 0.0142. The number of H-pyrrole nitrogens is 1. The molecule has 65 heavy (non-hydrogen) atoms. The van der Waals surface area contributed by atoms with Crippen molar-refractivity contribution in [1.29, 1.82) is 0 Å². The number of carbonyl (C=O) groups is 4. The summed E-state index contributed by atoms with van der Waals surface area (Å²) >= 11 is 1.86. The monoisotopic (exact) mass is 1010 g/mol. The molecule has 4 heterocycles. The van der Waals surface area contributed by atoms with Gasteiger partial charge in [0, 0.05) is 56.1 Å². The molecule has 0 spiro atoms. The zero-order chi connectivity index (χ0) is 47.8. The highest BCUT2D eigenvalue weighted by Crippen LogP contribution is 2.68. The van der Waals surface area contributed by atoms with Crippen molar-refractivity contribution >= 4 is 65.1 Å². The van der Waals surface area contributed by atoms with Gasteiger partial charge in [-0.25, -0.2) is 28.5 Å². The van der Waals surface area contributed by atoms with Crippen LogP contribution in [-0.2, 0) is 50.6 Å². The number of hydrogen-bond donors (Lipinski definition) is 12. The van der Waals surface area contributed by atoms with E-state index in [0.29, 0.717) is 61.4 Å². The molecule has 3 saturated heterocycles. The Kier molecular flexibility index (Phi) is 21.5. The van der Waals surface area contributed by atoms with Crippen molar-refractivity contribution in [2.75, 3.05) is 32.0 Å². The Hall–Kier alpha value is -3.30.